The predicted octanol–water partition coefficient (Wildman–Crippen LogP) is 0.617. The maximum absolute atomic E-state index is 12.0. The molecule has 9 heteroatoms. The highest BCUT2D eigenvalue weighted by Crippen LogP contribution is 2.32. The third kappa shape index (κ3) is 4.34. The summed E-state index contributed by atoms with van der Waals surface area (Å²) in [5.74, 6) is 0.178. The second-order valence-electron chi connectivity index (χ2n) is 6.12. The van der Waals surface area contributed by atoms with Crippen molar-refractivity contribution in [2.75, 3.05) is 32.0 Å². The van der Waals surface area contributed by atoms with Crippen LogP contribution in [-0.4, -0.2) is 63.2 Å². The van der Waals surface area contributed by atoms with Gasteiger partial charge >= 0.3 is 5.97 Å². The normalized spacial score (nSPS) is 20.3. The Hall–Kier alpha value is -2.55. The van der Waals surface area contributed by atoms with Gasteiger partial charge in [-0.05, 0) is 30.2 Å². The number of carbonyl (C=O) groups is 2. The van der Waals surface area contributed by atoms with Crippen molar-refractivity contribution in [3.05, 3.63) is 29.8 Å². The lowest BCUT2D eigenvalue weighted by Crippen LogP contribution is -2.40. The SMILES string of the molecule is CN(C(=O)COC(=O)C=Cc1ccc2c(c1)OCO2)C1CCS(=O)(=O)C1. The molecule has 0 aliphatic carbocycles. The Morgan fingerprint density at radius 1 is 1.31 bits per heavy atom. The number of sulfone groups is 1. The van der Waals surface area contributed by atoms with Crippen LogP contribution in [-0.2, 0) is 24.2 Å². The Bertz CT molecular complexity index is 847. The summed E-state index contributed by atoms with van der Waals surface area (Å²) in [6.07, 6.45) is 3.16. The standard InChI is InChI=1S/C17H19NO7S/c1-18(13-6-7-26(21,22)10-13)16(19)9-23-17(20)5-3-12-2-4-14-15(8-12)25-11-24-14/h2-5,8,13H,6-7,9-11H2,1H3. The van der Waals surface area contributed by atoms with Crippen LogP contribution in [0.15, 0.2) is 24.3 Å². The van der Waals surface area contributed by atoms with Crippen LogP contribution in [0.4, 0.5) is 0 Å². The molecule has 0 radical (unpaired) electrons. The maximum atomic E-state index is 12.0. The molecular weight excluding hydrogens is 362 g/mol. The molecule has 1 unspecified atom stereocenters. The first-order valence-electron chi connectivity index (χ1n) is 8.05. The highest BCUT2D eigenvalue weighted by Gasteiger charge is 2.32. The molecule has 0 spiro atoms. The number of hydrogen-bond acceptors (Lipinski definition) is 7. The van der Waals surface area contributed by atoms with Gasteiger partial charge in [-0.25, -0.2) is 13.2 Å². The fourth-order valence-corrected chi connectivity index (χ4v) is 4.52. The summed E-state index contributed by atoms with van der Waals surface area (Å²) in [5, 5.41) is 0. The third-order valence-electron chi connectivity index (χ3n) is 4.30. The zero-order valence-corrected chi connectivity index (χ0v) is 15.0. The van der Waals surface area contributed by atoms with E-state index in [0.717, 1.165) is 5.56 Å². The highest BCUT2D eigenvalue weighted by atomic mass is 32.2. The van der Waals surface area contributed by atoms with Crippen molar-refractivity contribution in [3.8, 4) is 11.5 Å². The van der Waals surface area contributed by atoms with Gasteiger partial charge in [0.15, 0.2) is 27.9 Å². The van der Waals surface area contributed by atoms with Crippen molar-refractivity contribution in [1.82, 2.24) is 4.90 Å². The number of rotatable bonds is 5. The summed E-state index contributed by atoms with van der Waals surface area (Å²) >= 11 is 0. The van der Waals surface area contributed by atoms with Crippen LogP contribution in [0.2, 0.25) is 0 Å². The van der Waals surface area contributed by atoms with E-state index in [9.17, 15) is 18.0 Å². The maximum Gasteiger partial charge on any atom is 0.331 e. The second kappa shape index (κ2) is 7.36. The highest BCUT2D eigenvalue weighted by molar-refractivity contribution is 7.91. The Morgan fingerprint density at radius 3 is 2.81 bits per heavy atom. The number of carbonyl (C=O) groups excluding carboxylic acids is 2. The minimum Gasteiger partial charge on any atom is -0.454 e. The molecule has 0 aromatic heterocycles. The van der Waals surface area contributed by atoms with Gasteiger partial charge in [0.05, 0.1) is 11.5 Å². The Kier molecular flexibility index (Phi) is 5.17. The molecule has 1 amide bonds. The lowest BCUT2D eigenvalue weighted by atomic mass is 10.2. The molecule has 8 nitrogen and oxygen atoms in total. The van der Waals surface area contributed by atoms with Crippen LogP contribution in [0.3, 0.4) is 0 Å². The minimum absolute atomic E-state index is 0.0484. The van der Waals surface area contributed by atoms with E-state index in [1.165, 1.54) is 18.0 Å². The zero-order chi connectivity index (χ0) is 18.7. The van der Waals surface area contributed by atoms with Gasteiger partial charge in [-0.2, -0.15) is 0 Å². The van der Waals surface area contributed by atoms with Crippen LogP contribution >= 0.6 is 0 Å². The first-order chi connectivity index (χ1) is 12.3. The molecule has 0 saturated carbocycles. The van der Waals surface area contributed by atoms with E-state index in [1.54, 1.807) is 24.3 Å². The monoisotopic (exact) mass is 381 g/mol. The average molecular weight is 381 g/mol. The number of esters is 1. The molecule has 2 heterocycles. The summed E-state index contributed by atoms with van der Waals surface area (Å²) in [6.45, 7) is -0.264. The molecule has 1 aromatic rings. The molecular formula is C17H19NO7S. The number of fused-ring (bicyclic) bond motifs is 1. The Labute approximate surface area is 151 Å². The van der Waals surface area contributed by atoms with Crippen molar-refractivity contribution in [2.45, 2.75) is 12.5 Å². The van der Waals surface area contributed by atoms with E-state index in [1.807, 2.05) is 0 Å². The summed E-state index contributed by atoms with van der Waals surface area (Å²) < 4.78 is 38.3. The molecule has 26 heavy (non-hydrogen) atoms. The van der Waals surface area contributed by atoms with Crippen molar-refractivity contribution < 1.29 is 32.2 Å². The smallest absolute Gasteiger partial charge is 0.331 e. The molecule has 0 bridgehead atoms. The van der Waals surface area contributed by atoms with Crippen LogP contribution < -0.4 is 9.47 Å². The number of amides is 1. The molecule has 3 rings (SSSR count). The van der Waals surface area contributed by atoms with Crippen molar-refractivity contribution in [3.63, 3.8) is 0 Å². The summed E-state index contributed by atoms with van der Waals surface area (Å²) in [7, 11) is -1.56. The Balaban J connectivity index is 1.48. The number of hydrogen-bond donors (Lipinski definition) is 0. The molecule has 1 saturated heterocycles. The lowest BCUT2D eigenvalue weighted by Gasteiger charge is -2.22. The van der Waals surface area contributed by atoms with Gasteiger partial charge in [0.1, 0.15) is 0 Å². The van der Waals surface area contributed by atoms with E-state index in [4.69, 9.17) is 14.2 Å². The van der Waals surface area contributed by atoms with E-state index < -0.39 is 28.3 Å². The van der Waals surface area contributed by atoms with Gasteiger partial charge in [-0.15, -0.1) is 0 Å². The number of likely N-dealkylation sites (N-methyl/N-ethyl adjacent to an activating group) is 1. The lowest BCUT2D eigenvalue weighted by molar-refractivity contribution is -0.148. The van der Waals surface area contributed by atoms with Crippen molar-refractivity contribution in [2.24, 2.45) is 0 Å². The fourth-order valence-electron chi connectivity index (χ4n) is 2.75. The van der Waals surface area contributed by atoms with E-state index in [2.05, 4.69) is 0 Å². The summed E-state index contributed by atoms with van der Waals surface area (Å²) in [6, 6.07) is 4.86. The van der Waals surface area contributed by atoms with Gasteiger partial charge in [0.2, 0.25) is 6.79 Å². The van der Waals surface area contributed by atoms with Gasteiger partial charge in [-0.1, -0.05) is 6.07 Å². The molecule has 140 valence electrons. The van der Waals surface area contributed by atoms with Crippen LogP contribution in [0.1, 0.15) is 12.0 Å². The van der Waals surface area contributed by atoms with E-state index >= 15 is 0 Å². The van der Waals surface area contributed by atoms with Gasteiger partial charge < -0.3 is 19.1 Å². The number of ether oxygens (including phenoxy) is 3. The van der Waals surface area contributed by atoms with Crippen LogP contribution in [0, 0.1) is 0 Å². The minimum atomic E-state index is -3.08. The molecule has 0 N–H and O–H groups in total. The predicted molar refractivity (Wildman–Crippen MR) is 92.4 cm³/mol. The molecule has 2 aliphatic heterocycles. The number of nitrogens with zero attached hydrogens (tertiary/aromatic N) is 1. The summed E-state index contributed by atoms with van der Waals surface area (Å²) in [4.78, 5) is 25.1. The van der Waals surface area contributed by atoms with E-state index in [-0.39, 0.29) is 24.3 Å². The first-order valence-corrected chi connectivity index (χ1v) is 9.87. The van der Waals surface area contributed by atoms with Gasteiger partial charge in [0.25, 0.3) is 5.91 Å². The summed E-state index contributed by atoms with van der Waals surface area (Å²) in [5.41, 5.74) is 0.728. The van der Waals surface area contributed by atoms with Crippen LogP contribution in [0.25, 0.3) is 6.08 Å². The Morgan fingerprint density at radius 2 is 2.08 bits per heavy atom. The molecule has 1 fully saturated rings. The average Bonchev–Trinajstić information content (AvgIpc) is 3.22. The van der Waals surface area contributed by atoms with Crippen molar-refractivity contribution in [1.29, 1.82) is 0 Å². The largest absolute Gasteiger partial charge is 0.454 e. The van der Waals surface area contributed by atoms with Crippen molar-refractivity contribution >= 4 is 27.8 Å². The zero-order valence-electron chi connectivity index (χ0n) is 14.2. The topological polar surface area (TPSA) is 99.2 Å². The second-order valence-corrected chi connectivity index (χ2v) is 8.34. The fraction of sp³-hybridized carbons (Fsp3) is 0.412. The molecule has 1 aromatic carbocycles. The third-order valence-corrected chi connectivity index (χ3v) is 6.05. The first kappa shape index (κ1) is 18.2. The number of benzene rings is 1. The van der Waals surface area contributed by atoms with Gasteiger partial charge in [0, 0.05) is 19.2 Å². The molecule has 1 atom stereocenters. The quantitative estimate of drug-likeness (QED) is 0.544. The van der Waals surface area contributed by atoms with Crippen LogP contribution in [0.5, 0.6) is 11.5 Å². The van der Waals surface area contributed by atoms with E-state index in [0.29, 0.717) is 17.9 Å². The molecule has 2 aliphatic rings. The van der Waals surface area contributed by atoms with Gasteiger partial charge in [-0.3, -0.25) is 4.79 Å².